The van der Waals surface area contributed by atoms with Gasteiger partial charge in [-0.25, -0.2) is 0 Å². The topological polar surface area (TPSA) is 18.5 Å². The van der Waals surface area contributed by atoms with Gasteiger partial charge in [0.15, 0.2) is 16.6 Å². The van der Waals surface area contributed by atoms with Crippen molar-refractivity contribution in [2.45, 2.75) is 97.4 Å². The summed E-state index contributed by atoms with van der Waals surface area (Å²) in [5, 5.41) is 0.542. The Morgan fingerprint density at radius 3 is 1.08 bits per heavy atom. The Kier molecular flexibility index (Phi) is 12.6. The van der Waals surface area contributed by atoms with Crippen molar-refractivity contribution in [3.8, 4) is 0 Å². The lowest BCUT2D eigenvalue weighted by Crippen LogP contribution is -2.41. The van der Waals surface area contributed by atoms with Crippen LogP contribution in [0.3, 0.4) is 0 Å². The maximum Gasteiger partial charge on any atom is 0.192 e. The molecule has 0 unspecified atom stereocenters. The predicted molar refractivity (Wildman–Crippen MR) is 172 cm³/mol. The van der Waals surface area contributed by atoms with E-state index in [1.807, 2.05) is 45.1 Å². The standard InChI is InChI=1S/C28H46O2S4Si2/c1-27(2,3)35(7,8)29-19-21-31-23-11-15-25(16-12-23)33-34-26-17-13-24(14-18-26)32-22-20-30-36(9,10)28(4,5)6/h11-18H,19-22H2,1-10H3. The van der Waals surface area contributed by atoms with Gasteiger partial charge >= 0.3 is 0 Å². The summed E-state index contributed by atoms with van der Waals surface area (Å²) in [6.07, 6.45) is 0. The average Bonchev–Trinajstić information content (AvgIpc) is 2.78. The van der Waals surface area contributed by atoms with Crippen LogP contribution in [0.4, 0.5) is 0 Å². The first kappa shape index (κ1) is 32.4. The second-order valence-corrected chi connectivity index (χ2v) is 26.3. The number of hydrogen-bond acceptors (Lipinski definition) is 6. The summed E-state index contributed by atoms with van der Waals surface area (Å²) in [6.45, 7) is 24.7. The van der Waals surface area contributed by atoms with Crippen molar-refractivity contribution in [2.24, 2.45) is 0 Å². The van der Waals surface area contributed by atoms with Gasteiger partial charge in [-0.15, -0.1) is 23.5 Å². The molecule has 0 aromatic heterocycles. The molecule has 202 valence electrons. The summed E-state index contributed by atoms with van der Waals surface area (Å²) in [5.41, 5.74) is 0. The quantitative estimate of drug-likeness (QED) is 0.0981. The summed E-state index contributed by atoms with van der Waals surface area (Å²) in [7, 11) is 0.339. The maximum absolute atomic E-state index is 6.29. The molecule has 0 heterocycles. The molecule has 0 amide bonds. The summed E-state index contributed by atoms with van der Waals surface area (Å²) < 4.78 is 12.6. The molecule has 0 aliphatic carbocycles. The largest absolute Gasteiger partial charge is 0.416 e. The van der Waals surface area contributed by atoms with Crippen molar-refractivity contribution in [1.29, 1.82) is 0 Å². The first-order valence-electron chi connectivity index (χ1n) is 12.7. The SMILES string of the molecule is CC(C)(C)[Si](C)(C)OCCSc1ccc(SSc2ccc(SCCO[Si](C)(C)C(C)(C)C)cc2)cc1. The molecular formula is C28H46O2S4Si2. The van der Waals surface area contributed by atoms with Crippen LogP contribution in [0.1, 0.15) is 41.5 Å². The van der Waals surface area contributed by atoms with E-state index >= 15 is 0 Å². The van der Waals surface area contributed by atoms with E-state index in [4.69, 9.17) is 8.85 Å². The molecule has 0 bridgehead atoms. The number of thioether (sulfide) groups is 2. The average molecular weight is 599 g/mol. The second kappa shape index (κ2) is 14.0. The van der Waals surface area contributed by atoms with Crippen LogP contribution >= 0.6 is 45.1 Å². The molecule has 0 spiro atoms. The fourth-order valence-electron chi connectivity index (χ4n) is 2.62. The fraction of sp³-hybridized carbons (Fsp3) is 0.571. The van der Waals surface area contributed by atoms with Gasteiger partial charge < -0.3 is 8.85 Å². The van der Waals surface area contributed by atoms with Crippen LogP contribution in [-0.2, 0) is 8.85 Å². The highest BCUT2D eigenvalue weighted by atomic mass is 33.1. The molecule has 0 atom stereocenters. The number of hydrogen-bond donors (Lipinski definition) is 0. The van der Waals surface area contributed by atoms with E-state index in [1.54, 1.807) is 0 Å². The van der Waals surface area contributed by atoms with E-state index in [0.29, 0.717) is 0 Å². The second-order valence-electron chi connectivity index (χ2n) is 12.0. The summed E-state index contributed by atoms with van der Waals surface area (Å²) >= 11 is 3.76. The molecule has 36 heavy (non-hydrogen) atoms. The van der Waals surface area contributed by atoms with Crippen LogP contribution in [0.2, 0.25) is 36.3 Å². The van der Waals surface area contributed by atoms with E-state index in [1.165, 1.54) is 19.6 Å². The van der Waals surface area contributed by atoms with Crippen LogP contribution in [0, 0.1) is 0 Å². The van der Waals surface area contributed by atoms with Gasteiger partial charge in [0.2, 0.25) is 0 Å². The van der Waals surface area contributed by atoms with Gasteiger partial charge in [-0.2, -0.15) is 0 Å². The Morgan fingerprint density at radius 2 is 0.806 bits per heavy atom. The molecule has 0 saturated carbocycles. The molecule has 2 aromatic carbocycles. The van der Waals surface area contributed by atoms with E-state index in [9.17, 15) is 0 Å². The normalized spacial score (nSPS) is 13.3. The lowest BCUT2D eigenvalue weighted by Gasteiger charge is -2.36. The van der Waals surface area contributed by atoms with Crippen LogP contribution in [0.5, 0.6) is 0 Å². The molecule has 0 fully saturated rings. The molecule has 0 aliphatic rings. The molecule has 2 rings (SSSR count). The molecule has 0 N–H and O–H groups in total. The first-order valence-corrected chi connectivity index (χ1v) is 22.6. The Hall–Kier alpha value is 0.194. The Balaban J connectivity index is 1.70. The van der Waals surface area contributed by atoms with Gasteiger partial charge in [0, 0.05) is 44.3 Å². The van der Waals surface area contributed by atoms with Gasteiger partial charge in [0.25, 0.3) is 0 Å². The van der Waals surface area contributed by atoms with Crippen LogP contribution < -0.4 is 0 Å². The predicted octanol–water partition coefficient (Wildman–Crippen LogP) is 10.7. The smallest absolute Gasteiger partial charge is 0.192 e. The van der Waals surface area contributed by atoms with Crippen LogP contribution in [-0.4, -0.2) is 41.4 Å². The van der Waals surface area contributed by atoms with E-state index < -0.39 is 16.6 Å². The van der Waals surface area contributed by atoms with E-state index in [2.05, 4.69) is 116 Å². The zero-order valence-corrected chi connectivity index (χ0v) is 29.2. The Labute approximate surface area is 239 Å². The van der Waals surface area contributed by atoms with Crippen LogP contribution in [0.15, 0.2) is 68.1 Å². The maximum atomic E-state index is 6.29. The lowest BCUT2D eigenvalue weighted by molar-refractivity contribution is 0.311. The summed E-state index contributed by atoms with van der Waals surface area (Å²) in [6, 6.07) is 17.8. The minimum absolute atomic E-state index is 0.271. The van der Waals surface area contributed by atoms with Crippen molar-refractivity contribution in [3.63, 3.8) is 0 Å². The molecule has 2 aromatic rings. The van der Waals surface area contributed by atoms with Crippen molar-refractivity contribution in [3.05, 3.63) is 48.5 Å². The summed E-state index contributed by atoms with van der Waals surface area (Å²) in [5.74, 6) is 2.00. The highest BCUT2D eigenvalue weighted by molar-refractivity contribution is 8.76. The lowest BCUT2D eigenvalue weighted by atomic mass is 10.2. The van der Waals surface area contributed by atoms with Crippen molar-refractivity contribution < 1.29 is 8.85 Å². The fourth-order valence-corrected chi connectivity index (χ4v) is 8.40. The highest BCUT2D eigenvalue weighted by Crippen LogP contribution is 2.40. The van der Waals surface area contributed by atoms with Gasteiger partial charge in [0.05, 0.1) is 0 Å². The minimum atomic E-state index is -1.65. The zero-order chi connectivity index (χ0) is 27.0. The van der Waals surface area contributed by atoms with Gasteiger partial charge in [-0.05, 0) is 84.8 Å². The van der Waals surface area contributed by atoms with Crippen molar-refractivity contribution in [2.75, 3.05) is 24.7 Å². The number of rotatable bonds is 13. The Morgan fingerprint density at radius 1 is 0.528 bits per heavy atom. The van der Waals surface area contributed by atoms with Gasteiger partial charge in [-0.3, -0.25) is 0 Å². The monoisotopic (exact) mass is 598 g/mol. The van der Waals surface area contributed by atoms with E-state index in [-0.39, 0.29) is 10.1 Å². The zero-order valence-electron chi connectivity index (χ0n) is 23.9. The molecule has 0 radical (unpaired) electrons. The molecule has 2 nitrogen and oxygen atoms in total. The van der Waals surface area contributed by atoms with Crippen LogP contribution in [0.25, 0.3) is 0 Å². The van der Waals surface area contributed by atoms with Crippen molar-refractivity contribution >= 4 is 61.7 Å². The molecule has 0 saturated heterocycles. The molecule has 8 heteroatoms. The van der Waals surface area contributed by atoms with Crippen molar-refractivity contribution in [1.82, 2.24) is 0 Å². The van der Waals surface area contributed by atoms with Gasteiger partial charge in [0.1, 0.15) is 0 Å². The molecular weight excluding hydrogens is 553 g/mol. The third-order valence-corrected chi connectivity index (χ3v) is 20.6. The first-order chi connectivity index (χ1) is 16.6. The Bertz CT molecular complexity index is 841. The molecule has 0 aliphatic heterocycles. The third kappa shape index (κ3) is 10.8. The number of benzene rings is 2. The van der Waals surface area contributed by atoms with E-state index in [0.717, 1.165) is 24.7 Å². The third-order valence-electron chi connectivity index (χ3n) is 7.12. The highest BCUT2D eigenvalue weighted by Gasteiger charge is 2.37. The van der Waals surface area contributed by atoms with Gasteiger partial charge in [-0.1, -0.05) is 63.1 Å². The minimum Gasteiger partial charge on any atom is -0.416 e. The summed E-state index contributed by atoms with van der Waals surface area (Å²) in [4.78, 5) is 5.18.